The van der Waals surface area contributed by atoms with Crippen LogP contribution in [0.25, 0.3) is 0 Å². The molecule has 72 valence electrons. The lowest BCUT2D eigenvalue weighted by Gasteiger charge is -2.40. The fraction of sp³-hybridized carbons (Fsp3) is 1.00. The quantitative estimate of drug-likeness (QED) is 0.694. The lowest BCUT2D eigenvalue weighted by molar-refractivity contribution is 0.103. The highest BCUT2D eigenvalue weighted by Gasteiger charge is 2.27. The van der Waals surface area contributed by atoms with Crippen LogP contribution in [0.2, 0.25) is 0 Å². The smallest absolute Gasteiger partial charge is 0.0218 e. The van der Waals surface area contributed by atoms with Crippen molar-refractivity contribution in [1.82, 2.24) is 4.90 Å². The van der Waals surface area contributed by atoms with E-state index < -0.39 is 0 Å². The molecule has 0 bridgehead atoms. The van der Waals surface area contributed by atoms with Crippen LogP contribution in [0, 0.1) is 0 Å². The van der Waals surface area contributed by atoms with E-state index in [1.807, 2.05) is 0 Å². The van der Waals surface area contributed by atoms with Crippen LogP contribution in [-0.2, 0) is 0 Å². The van der Waals surface area contributed by atoms with Crippen LogP contribution >= 0.6 is 0 Å². The van der Waals surface area contributed by atoms with Gasteiger partial charge >= 0.3 is 0 Å². The van der Waals surface area contributed by atoms with E-state index in [9.17, 15) is 0 Å². The first-order valence-electron chi connectivity index (χ1n) is 5.14. The van der Waals surface area contributed by atoms with Crippen LogP contribution in [0.5, 0.6) is 0 Å². The van der Waals surface area contributed by atoms with E-state index in [1.54, 1.807) is 0 Å². The van der Waals surface area contributed by atoms with Crippen molar-refractivity contribution in [2.24, 2.45) is 5.73 Å². The predicted octanol–water partition coefficient (Wildman–Crippen LogP) is 1.60. The van der Waals surface area contributed by atoms with E-state index >= 15 is 0 Å². The highest BCUT2D eigenvalue weighted by Crippen LogP contribution is 2.25. The minimum absolute atomic E-state index is 0.343. The maximum atomic E-state index is 5.99. The second-order valence-corrected chi connectivity index (χ2v) is 4.06. The molecule has 0 saturated heterocycles. The summed E-state index contributed by atoms with van der Waals surface area (Å²) in [7, 11) is 2.21. The molecule has 1 fully saturated rings. The van der Waals surface area contributed by atoms with Gasteiger partial charge in [-0.1, -0.05) is 13.3 Å². The molecule has 2 unspecified atom stereocenters. The highest BCUT2D eigenvalue weighted by atomic mass is 15.2. The Morgan fingerprint density at radius 3 is 2.42 bits per heavy atom. The van der Waals surface area contributed by atoms with Crippen molar-refractivity contribution in [3.63, 3.8) is 0 Å². The zero-order chi connectivity index (χ0) is 9.14. The molecular formula is C10H22N2. The molecular weight excluding hydrogens is 148 g/mol. The van der Waals surface area contributed by atoms with Gasteiger partial charge in [0.1, 0.15) is 0 Å². The Labute approximate surface area is 76.1 Å². The molecule has 12 heavy (non-hydrogen) atoms. The van der Waals surface area contributed by atoms with E-state index in [-0.39, 0.29) is 0 Å². The summed E-state index contributed by atoms with van der Waals surface area (Å²) < 4.78 is 0. The monoisotopic (exact) mass is 170 g/mol. The molecule has 0 radical (unpaired) electrons. The van der Waals surface area contributed by atoms with Crippen LogP contribution in [0.4, 0.5) is 0 Å². The molecule has 0 spiro atoms. The fourth-order valence-electron chi connectivity index (χ4n) is 1.77. The average Bonchev–Trinajstić information content (AvgIpc) is 1.98. The fourth-order valence-corrected chi connectivity index (χ4v) is 1.77. The zero-order valence-corrected chi connectivity index (χ0v) is 8.59. The molecule has 1 rings (SSSR count). The first-order valence-corrected chi connectivity index (χ1v) is 5.14. The maximum absolute atomic E-state index is 5.99. The largest absolute Gasteiger partial charge is 0.326 e. The molecule has 2 N–H and O–H groups in total. The second-order valence-electron chi connectivity index (χ2n) is 4.06. The molecule has 1 aliphatic carbocycles. The summed E-state index contributed by atoms with van der Waals surface area (Å²) in [6, 6.07) is 1.70. The Bertz CT molecular complexity index is 123. The van der Waals surface area contributed by atoms with Crippen molar-refractivity contribution in [3.8, 4) is 0 Å². The van der Waals surface area contributed by atoms with Crippen LogP contribution in [0.15, 0.2) is 0 Å². The first kappa shape index (κ1) is 10.0. The molecule has 1 saturated carbocycles. The molecule has 0 amide bonds. The Morgan fingerprint density at radius 1 is 1.50 bits per heavy atom. The van der Waals surface area contributed by atoms with Gasteiger partial charge in [-0.05, 0) is 33.2 Å². The lowest BCUT2D eigenvalue weighted by atomic mass is 9.90. The van der Waals surface area contributed by atoms with Crippen LogP contribution < -0.4 is 5.73 Å². The topological polar surface area (TPSA) is 29.3 Å². The molecule has 2 heteroatoms. The van der Waals surface area contributed by atoms with Crippen molar-refractivity contribution in [3.05, 3.63) is 0 Å². The standard InChI is InChI=1S/C10H22N2/c1-4-10(11)8(2)12(3)9-6-5-7-9/h8-10H,4-7,11H2,1-3H3. The first-order chi connectivity index (χ1) is 5.66. The number of nitrogens with zero attached hydrogens (tertiary/aromatic N) is 1. The summed E-state index contributed by atoms with van der Waals surface area (Å²) in [5.41, 5.74) is 5.99. The number of likely N-dealkylation sites (N-methyl/N-ethyl adjacent to an activating group) is 1. The van der Waals surface area contributed by atoms with Crippen molar-refractivity contribution >= 4 is 0 Å². The molecule has 0 heterocycles. The molecule has 1 aliphatic rings. The van der Waals surface area contributed by atoms with Crippen molar-refractivity contribution in [2.75, 3.05) is 7.05 Å². The van der Waals surface area contributed by atoms with E-state index in [0.717, 1.165) is 12.5 Å². The van der Waals surface area contributed by atoms with Crippen LogP contribution in [0.1, 0.15) is 39.5 Å². The van der Waals surface area contributed by atoms with E-state index in [1.165, 1.54) is 19.3 Å². The van der Waals surface area contributed by atoms with Gasteiger partial charge in [-0.2, -0.15) is 0 Å². The Morgan fingerprint density at radius 2 is 2.08 bits per heavy atom. The average molecular weight is 170 g/mol. The molecule has 0 aliphatic heterocycles. The van der Waals surface area contributed by atoms with Crippen molar-refractivity contribution in [1.29, 1.82) is 0 Å². The van der Waals surface area contributed by atoms with Gasteiger partial charge in [0.25, 0.3) is 0 Å². The summed E-state index contributed by atoms with van der Waals surface area (Å²) in [5, 5.41) is 0. The Kier molecular flexibility index (Phi) is 3.53. The van der Waals surface area contributed by atoms with E-state index in [2.05, 4.69) is 25.8 Å². The molecule has 2 nitrogen and oxygen atoms in total. The number of nitrogens with two attached hydrogens (primary N) is 1. The molecule has 0 aromatic carbocycles. The van der Waals surface area contributed by atoms with Gasteiger partial charge in [-0.25, -0.2) is 0 Å². The minimum atomic E-state index is 0.343. The maximum Gasteiger partial charge on any atom is 0.0218 e. The third-order valence-electron chi connectivity index (χ3n) is 3.38. The van der Waals surface area contributed by atoms with Gasteiger partial charge in [-0.3, -0.25) is 4.90 Å². The van der Waals surface area contributed by atoms with E-state index in [0.29, 0.717) is 12.1 Å². The third kappa shape index (κ3) is 1.99. The summed E-state index contributed by atoms with van der Waals surface area (Å²) in [6.07, 6.45) is 5.23. The predicted molar refractivity (Wildman–Crippen MR) is 53.1 cm³/mol. The Hall–Kier alpha value is -0.0800. The second kappa shape index (κ2) is 4.24. The van der Waals surface area contributed by atoms with Crippen LogP contribution in [-0.4, -0.2) is 30.1 Å². The summed E-state index contributed by atoms with van der Waals surface area (Å²) in [6.45, 7) is 4.41. The SMILES string of the molecule is CCC(N)C(C)N(C)C1CCC1. The number of rotatable bonds is 4. The van der Waals surface area contributed by atoms with Gasteiger partial charge in [0.05, 0.1) is 0 Å². The van der Waals surface area contributed by atoms with Gasteiger partial charge in [-0.15, -0.1) is 0 Å². The van der Waals surface area contributed by atoms with Gasteiger partial charge < -0.3 is 5.73 Å². The lowest BCUT2D eigenvalue weighted by Crippen LogP contribution is -2.50. The van der Waals surface area contributed by atoms with Crippen LogP contribution in [0.3, 0.4) is 0 Å². The zero-order valence-electron chi connectivity index (χ0n) is 8.59. The van der Waals surface area contributed by atoms with Crippen molar-refractivity contribution < 1.29 is 0 Å². The summed E-state index contributed by atoms with van der Waals surface area (Å²) >= 11 is 0. The minimum Gasteiger partial charge on any atom is -0.326 e. The molecule has 2 atom stereocenters. The number of hydrogen-bond acceptors (Lipinski definition) is 2. The number of hydrogen-bond donors (Lipinski definition) is 1. The third-order valence-corrected chi connectivity index (χ3v) is 3.38. The Balaban J connectivity index is 2.33. The van der Waals surface area contributed by atoms with Gasteiger partial charge in [0, 0.05) is 18.1 Å². The highest BCUT2D eigenvalue weighted by molar-refractivity contribution is 4.84. The summed E-state index contributed by atoms with van der Waals surface area (Å²) in [5.74, 6) is 0. The van der Waals surface area contributed by atoms with Gasteiger partial charge in [0.2, 0.25) is 0 Å². The normalized spacial score (nSPS) is 23.8. The van der Waals surface area contributed by atoms with Gasteiger partial charge in [0.15, 0.2) is 0 Å². The van der Waals surface area contributed by atoms with E-state index in [4.69, 9.17) is 5.73 Å². The molecule has 0 aromatic heterocycles. The summed E-state index contributed by atoms with van der Waals surface area (Å²) in [4.78, 5) is 2.46. The van der Waals surface area contributed by atoms with Crippen molar-refractivity contribution in [2.45, 2.75) is 57.7 Å². The molecule has 0 aromatic rings.